The minimum absolute atomic E-state index is 0.235. The third-order valence-electron chi connectivity index (χ3n) is 2.88. The second kappa shape index (κ2) is 5.30. The van der Waals surface area contributed by atoms with Crippen molar-refractivity contribution < 1.29 is 22.1 Å². The van der Waals surface area contributed by atoms with Crippen molar-refractivity contribution in [3.8, 4) is 0 Å². The lowest BCUT2D eigenvalue weighted by atomic mass is 10.0. The van der Waals surface area contributed by atoms with Crippen LogP contribution in [0.1, 0.15) is 25.5 Å². The second-order valence-electron chi connectivity index (χ2n) is 5.00. The average molecular weight is 302 g/mol. The Morgan fingerprint density at radius 1 is 1.30 bits per heavy atom. The second-order valence-corrected chi connectivity index (χ2v) is 6.22. The largest absolute Gasteiger partial charge is 0.398 e. The molecule has 1 heterocycles. The lowest BCUT2D eigenvalue weighted by Gasteiger charge is -2.18. The van der Waals surface area contributed by atoms with E-state index in [0.717, 1.165) is 5.56 Å². The van der Waals surface area contributed by atoms with Crippen LogP contribution in [0.5, 0.6) is 0 Å². The van der Waals surface area contributed by atoms with E-state index in [1.165, 1.54) is 0 Å². The number of hydrogen-bond acceptors (Lipinski definition) is 6. The normalized spacial score (nSPS) is 25.8. The summed E-state index contributed by atoms with van der Waals surface area (Å²) in [5.74, 6) is -0.862. The number of benzene rings is 1. The number of hydrogen-bond donors (Lipinski definition) is 2. The Kier molecular flexibility index (Phi) is 4.03. The van der Waals surface area contributed by atoms with Crippen LogP contribution in [-0.4, -0.2) is 26.9 Å². The predicted molar refractivity (Wildman–Crippen MR) is 72.7 cm³/mol. The van der Waals surface area contributed by atoms with Crippen molar-refractivity contribution in [1.29, 1.82) is 0 Å². The SMILES string of the molecule is CC1(C)OC(COS(N)(=O)=O)C(c2ccccc2N)O1. The molecule has 0 aliphatic carbocycles. The van der Waals surface area contributed by atoms with Gasteiger partial charge in [-0.3, -0.25) is 4.18 Å². The number of anilines is 1. The monoisotopic (exact) mass is 302 g/mol. The van der Waals surface area contributed by atoms with Gasteiger partial charge in [-0.15, -0.1) is 0 Å². The van der Waals surface area contributed by atoms with Crippen LogP contribution in [0, 0.1) is 0 Å². The molecule has 2 unspecified atom stereocenters. The molecule has 8 heteroatoms. The molecule has 1 aliphatic rings. The van der Waals surface area contributed by atoms with Crippen LogP contribution in [-0.2, 0) is 24.0 Å². The van der Waals surface area contributed by atoms with E-state index in [1.54, 1.807) is 32.0 Å². The Labute approximate surface area is 118 Å². The van der Waals surface area contributed by atoms with Crippen LogP contribution in [0.15, 0.2) is 24.3 Å². The van der Waals surface area contributed by atoms with E-state index in [1.807, 2.05) is 6.07 Å². The number of rotatable bonds is 4. The number of para-hydroxylation sites is 1. The van der Waals surface area contributed by atoms with E-state index in [2.05, 4.69) is 4.18 Å². The average Bonchev–Trinajstić information content (AvgIpc) is 2.62. The molecule has 1 aliphatic heterocycles. The van der Waals surface area contributed by atoms with Crippen LogP contribution < -0.4 is 10.9 Å². The first-order valence-electron chi connectivity index (χ1n) is 6.05. The zero-order valence-corrected chi connectivity index (χ0v) is 12.1. The highest BCUT2D eigenvalue weighted by atomic mass is 32.2. The number of nitrogens with two attached hydrogens (primary N) is 2. The molecule has 0 saturated carbocycles. The maximum atomic E-state index is 10.9. The summed E-state index contributed by atoms with van der Waals surface area (Å²) in [5.41, 5.74) is 7.18. The number of nitrogen functional groups attached to an aromatic ring is 1. The summed E-state index contributed by atoms with van der Waals surface area (Å²) >= 11 is 0. The van der Waals surface area contributed by atoms with E-state index >= 15 is 0 Å². The van der Waals surface area contributed by atoms with Crippen molar-refractivity contribution in [2.75, 3.05) is 12.3 Å². The molecular formula is C12H18N2O5S. The van der Waals surface area contributed by atoms with Gasteiger partial charge in [0, 0.05) is 11.3 Å². The van der Waals surface area contributed by atoms with Gasteiger partial charge in [0.15, 0.2) is 5.79 Å². The highest BCUT2D eigenvalue weighted by molar-refractivity contribution is 7.84. The first-order chi connectivity index (χ1) is 9.18. The van der Waals surface area contributed by atoms with Gasteiger partial charge in [-0.2, -0.15) is 8.42 Å². The summed E-state index contributed by atoms with van der Waals surface area (Å²) in [6, 6.07) is 7.16. The summed E-state index contributed by atoms with van der Waals surface area (Å²) in [6.07, 6.45) is -1.14. The molecule has 0 spiro atoms. The molecule has 0 radical (unpaired) electrons. The predicted octanol–water partition coefficient (Wildman–Crippen LogP) is 0.681. The van der Waals surface area contributed by atoms with Gasteiger partial charge < -0.3 is 15.2 Å². The summed E-state index contributed by atoms with van der Waals surface area (Å²) < 4.78 is 37.8. The lowest BCUT2D eigenvalue weighted by Crippen LogP contribution is -2.28. The van der Waals surface area contributed by atoms with Crippen LogP contribution in [0.25, 0.3) is 0 Å². The molecule has 1 fully saturated rings. The topological polar surface area (TPSA) is 114 Å². The van der Waals surface area contributed by atoms with Gasteiger partial charge in [0.25, 0.3) is 0 Å². The maximum Gasteiger partial charge on any atom is 0.333 e. The van der Waals surface area contributed by atoms with Gasteiger partial charge in [0.2, 0.25) is 0 Å². The van der Waals surface area contributed by atoms with E-state index in [0.29, 0.717) is 5.69 Å². The molecule has 1 aromatic carbocycles. The summed E-state index contributed by atoms with van der Waals surface area (Å²) in [5, 5.41) is 4.82. The van der Waals surface area contributed by atoms with E-state index in [4.69, 9.17) is 20.3 Å². The van der Waals surface area contributed by atoms with Gasteiger partial charge in [0.1, 0.15) is 12.2 Å². The minimum Gasteiger partial charge on any atom is -0.398 e. The Morgan fingerprint density at radius 2 is 1.95 bits per heavy atom. The molecule has 2 atom stereocenters. The van der Waals surface area contributed by atoms with E-state index < -0.39 is 28.3 Å². The fraction of sp³-hybridized carbons (Fsp3) is 0.500. The van der Waals surface area contributed by atoms with Crippen molar-refractivity contribution in [3.05, 3.63) is 29.8 Å². The van der Waals surface area contributed by atoms with Gasteiger partial charge in [-0.25, -0.2) is 5.14 Å². The molecule has 7 nitrogen and oxygen atoms in total. The third kappa shape index (κ3) is 3.68. The lowest BCUT2D eigenvalue weighted by molar-refractivity contribution is -0.148. The van der Waals surface area contributed by atoms with Crippen molar-refractivity contribution >= 4 is 16.0 Å². The Hall–Kier alpha value is -1.19. The standard InChI is InChI=1S/C12H18N2O5S/c1-12(2)18-10(7-17-20(14,15)16)11(19-12)8-5-3-4-6-9(8)13/h3-6,10-11H,7,13H2,1-2H3,(H2,14,15,16). The zero-order valence-electron chi connectivity index (χ0n) is 11.3. The molecule has 20 heavy (non-hydrogen) atoms. The molecule has 1 saturated heterocycles. The van der Waals surface area contributed by atoms with Gasteiger partial charge in [-0.05, 0) is 19.9 Å². The van der Waals surface area contributed by atoms with Crippen molar-refractivity contribution in [2.24, 2.45) is 5.14 Å². The Morgan fingerprint density at radius 3 is 2.55 bits per heavy atom. The summed E-state index contributed by atoms with van der Waals surface area (Å²) in [6.45, 7) is 3.23. The Balaban J connectivity index is 2.23. The summed E-state index contributed by atoms with van der Waals surface area (Å²) in [7, 11) is -4.03. The maximum absolute atomic E-state index is 10.9. The number of ether oxygens (including phenoxy) is 2. The van der Waals surface area contributed by atoms with Crippen molar-refractivity contribution in [2.45, 2.75) is 31.8 Å². The Bertz CT molecular complexity index is 587. The van der Waals surface area contributed by atoms with Crippen LogP contribution in [0.3, 0.4) is 0 Å². The first-order valence-corrected chi connectivity index (χ1v) is 7.52. The zero-order chi connectivity index (χ0) is 15.0. The van der Waals surface area contributed by atoms with Gasteiger partial charge in [-0.1, -0.05) is 18.2 Å². The highest BCUT2D eigenvalue weighted by Gasteiger charge is 2.43. The van der Waals surface area contributed by atoms with E-state index in [-0.39, 0.29) is 6.61 Å². The fourth-order valence-electron chi connectivity index (χ4n) is 2.15. The van der Waals surface area contributed by atoms with Gasteiger partial charge >= 0.3 is 10.3 Å². The quantitative estimate of drug-likeness (QED) is 0.791. The smallest absolute Gasteiger partial charge is 0.333 e. The van der Waals surface area contributed by atoms with Crippen LogP contribution in [0.4, 0.5) is 5.69 Å². The minimum atomic E-state index is -4.03. The molecular weight excluding hydrogens is 284 g/mol. The molecule has 1 aromatic rings. The molecule has 2 rings (SSSR count). The first kappa shape index (κ1) is 15.2. The molecule has 0 aromatic heterocycles. The van der Waals surface area contributed by atoms with Crippen molar-refractivity contribution in [1.82, 2.24) is 0 Å². The molecule has 0 amide bonds. The molecule has 0 bridgehead atoms. The summed E-state index contributed by atoms with van der Waals surface area (Å²) in [4.78, 5) is 0. The van der Waals surface area contributed by atoms with Crippen LogP contribution in [0.2, 0.25) is 0 Å². The van der Waals surface area contributed by atoms with Gasteiger partial charge in [0.05, 0.1) is 6.61 Å². The van der Waals surface area contributed by atoms with Crippen molar-refractivity contribution in [3.63, 3.8) is 0 Å². The van der Waals surface area contributed by atoms with E-state index in [9.17, 15) is 8.42 Å². The third-order valence-corrected chi connectivity index (χ3v) is 3.35. The molecule has 4 N–H and O–H groups in total. The van der Waals surface area contributed by atoms with Crippen LogP contribution >= 0.6 is 0 Å². The fourth-order valence-corrected chi connectivity index (χ4v) is 2.48. The highest BCUT2D eigenvalue weighted by Crippen LogP contribution is 2.40. The molecule has 112 valence electrons.